The fraction of sp³-hybridized carbons (Fsp3) is 0.154. The van der Waals surface area contributed by atoms with Crippen molar-refractivity contribution >= 4 is 5.97 Å². The van der Waals surface area contributed by atoms with Crippen LogP contribution in [0.3, 0.4) is 0 Å². The predicted octanol–water partition coefficient (Wildman–Crippen LogP) is 2.34. The van der Waals surface area contributed by atoms with Gasteiger partial charge in [-0.1, -0.05) is 29.8 Å². The molecule has 0 aliphatic rings. The summed E-state index contributed by atoms with van der Waals surface area (Å²) in [5, 5.41) is 8.77. The van der Waals surface area contributed by atoms with Gasteiger partial charge in [0.25, 0.3) is 0 Å². The molecule has 0 saturated carbocycles. The van der Waals surface area contributed by atoms with Crippen LogP contribution in [0, 0.1) is 6.92 Å². The van der Waals surface area contributed by atoms with Gasteiger partial charge >= 0.3 is 5.97 Å². The van der Waals surface area contributed by atoms with Gasteiger partial charge in [-0.3, -0.25) is 4.79 Å². The number of carboxylic acid groups (broad SMARTS) is 1. The molecule has 0 radical (unpaired) electrons. The van der Waals surface area contributed by atoms with E-state index in [1.54, 1.807) is 12.1 Å². The lowest BCUT2D eigenvalue weighted by atomic mass is 10.1. The molecule has 0 saturated heterocycles. The Morgan fingerprint density at radius 2 is 1.88 bits per heavy atom. The molecule has 17 heavy (non-hydrogen) atoms. The number of aliphatic carboxylic acids is 1. The quantitative estimate of drug-likeness (QED) is 0.850. The Kier molecular flexibility index (Phi) is 2.97. The minimum atomic E-state index is -1.12. The normalized spacial score (nSPS) is 12.4. The molecular weight excluding hydrogens is 218 g/mol. The topological polar surface area (TPSA) is 76.5 Å². The average Bonchev–Trinajstić information content (AvgIpc) is 2.78. The molecule has 1 unspecified atom stereocenters. The van der Waals surface area contributed by atoms with Crippen LogP contribution in [-0.4, -0.2) is 11.1 Å². The van der Waals surface area contributed by atoms with Crippen molar-refractivity contribution in [1.82, 2.24) is 0 Å². The van der Waals surface area contributed by atoms with Crippen molar-refractivity contribution in [1.29, 1.82) is 0 Å². The van der Waals surface area contributed by atoms with Crippen LogP contribution < -0.4 is 5.73 Å². The highest BCUT2D eigenvalue weighted by atomic mass is 16.4. The van der Waals surface area contributed by atoms with Crippen LogP contribution in [0.5, 0.6) is 0 Å². The Morgan fingerprint density at radius 1 is 1.24 bits per heavy atom. The van der Waals surface area contributed by atoms with Crippen LogP contribution in [0.4, 0.5) is 0 Å². The van der Waals surface area contributed by atoms with Crippen molar-refractivity contribution in [2.45, 2.75) is 13.0 Å². The van der Waals surface area contributed by atoms with Crippen molar-refractivity contribution < 1.29 is 14.3 Å². The SMILES string of the molecule is Cc1ccc(-c2ccc(C(N)C(=O)O)o2)cc1. The molecule has 0 spiro atoms. The minimum absolute atomic E-state index is 0.257. The van der Waals surface area contributed by atoms with Gasteiger partial charge in [0.15, 0.2) is 6.04 Å². The summed E-state index contributed by atoms with van der Waals surface area (Å²) < 4.78 is 5.43. The van der Waals surface area contributed by atoms with E-state index in [-0.39, 0.29) is 5.76 Å². The van der Waals surface area contributed by atoms with Gasteiger partial charge < -0.3 is 15.3 Å². The summed E-state index contributed by atoms with van der Waals surface area (Å²) in [6.07, 6.45) is 0. The first-order valence-electron chi connectivity index (χ1n) is 5.23. The van der Waals surface area contributed by atoms with E-state index in [1.165, 1.54) is 0 Å². The molecule has 0 aliphatic carbocycles. The lowest BCUT2D eigenvalue weighted by Crippen LogP contribution is -2.19. The Morgan fingerprint density at radius 3 is 2.47 bits per heavy atom. The highest BCUT2D eigenvalue weighted by Crippen LogP contribution is 2.24. The van der Waals surface area contributed by atoms with E-state index in [4.69, 9.17) is 15.3 Å². The maximum atomic E-state index is 10.7. The monoisotopic (exact) mass is 231 g/mol. The molecular formula is C13H13NO3. The molecule has 0 amide bonds. The second-order valence-corrected chi connectivity index (χ2v) is 3.88. The van der Waals surface area contributed by atoms with E-state index < -0.39 is 12.0 Å². The van der Waals surface area contributed by atoms with E-state index in [9.17, 15) is 4.79 Å². The molecule has 1 aromatic heterocycles. The second kappa shape index (κ2) is 4.43. The molecule has 2 aromatic rings. The van der Waals surface area contributed by atoms with Crippen LogP contribution in [0.25, 0.3) is 11.3 Å². The summed E-state index contributed by atoms with van der Waals surface area (Å²) in [6, 6.07) is 9.98. The third kappa shape index (κ3) is 2.37. The van der Waals surface area contributed by atoms with Gasteiger partial charge in [0, 0.05) is 5.56 Å². The van der Waals surface area contributed by atoms with Gasteiger partial charge in [-0.05, 0) is 19.1 Å². The third-order valence-electron chi connectivity index (χ3n) is 2.54. The second-order valence-electron chi connectivity index (χ2n) is 3.88. The van der Waals surface area contributed by atoms with E-state index in [1.807, 2.05) is 31.2 Å². The number of furan rings is 1. The minimum Gasteiger partial charge on any atom is -0.480 e. The zero-order valence-electron chi connectivity index (χ0n) is 9.38. The van der Waals surface area contributed by atoms with Crippen LogP contribution in [0.15, 0.2) is 40.8 Å². The van der Waals surface area contributed by atoms with Crippen molar-refractivity contribution in [3.05, 3.63) is 47.7 Å². The molecule has 0 fully saturated rings. The van der Waals surface area contributed by atoms with E-state index >= 15 is 0 Å². The van der Waals surface area contributed by atoms with Crippen molar-refractivity contribution in [2.75, 3.05) is 0 Å². The highest BCUT2D eigenvalue weighted by Gasteiger charge is 2.18. The van der Waals surface area contributed by atoms with Crippen LogP contribution in [0.2, 0.25) is 0 Å². The van der Waals surface area contributed by atoms with Gasteiger partial charge in [0.05, 0.1) is 0 Å². The Bertz CT molecular complexity index is 528. The van der Waals surface area contributed by atoms with Gasteiger partial charge in [-0.2, -0.15) is 0 Å². The molecule has 3 N–H and O–H groups in total. The number of nitrogens with two attached hydrogens (primary N) is 1. The third-order valence-corrected chi connectivity index (χ3v) is 2.54. The summed E-state index contributed by atoms with van der Waals surface area (Å²) in [7, 11) is 0. The zero-order valence-corrected chi connectivity index (χ0v) is 9.38. The molecule has 1 atom stereocenters. The number of rotatable bonds is 3. The van der Waals surface area contributed by atoms with Crippen LogP contribution in [0.1, 0.15) is 17.4 Å². The number of carbonyl (C=O) groups is 1. The molecule has 88 valence electrons. The molecule has 0 bridgehead atoms. The summed E-state index contributed by atoms with van der Waals surface area (Å²) in [6.45, 7) is 2.00. The number of hydrogen-bond donors (Lipinski definition) is 2. The molecule has 4 heteroatoms. The average molecular weight is 231 g/mol. The molecule has 0 aliphatic heterocycles. The first-order valence-corrected chi connectivity index (χ1v) is 5.23. The molecule has 4 nitrogen and oxygen atoms in total. The van der Waals surface area contributed by atoms with Gasteiger partial charge in [-0.25, -0.2) is 0 Å². The van der Waals surface area contributed by atoms with Crippen molar-refractivity contribution in [3.8, 4) is 11.3 Å². The number of hydrogen-bond acceptors (Lipinski definition) is 3. The first-order chi connectivity index (χ1) is 8.08. The number of aryl methyl sites for hydroxylation is 1. The highest BCUT2D eigenvalue weighted by molar-refractivity contribution is 5.74. The predicted molar refractivity (Wildman–Crippen MR) is 63.4 cm³/mol. The Balaban J connectivity index is 2.29. The maximum absolute atomic E-state index is 10.7. The molecule has 1 heterocycles. The summed E-state index contributed by atoms with van der Waals surface area (Å²) in [4.78, 5) is 10.7. The standard InChI is InChI=1S/C13H13NO3/c1-8-2-4-9(5-3-8)10-6-7-11(17-10)12(14)13(15)16/h2-7,12H,14H2,1H3,(H,15,16). The fourth-order valence-corrected chi connectivity index (χ4v) is 1.51. The lowest BCUT2D eigenvalue weighted by Gasteiger charge is -2.02. The van der Waals surface area contributed by atoms with Crippen LogP contribution >= 0.6 is 0 Å². The lowest BCUT2D eigenvalue weighted by molar-refractivity contribution is -0.139. The zero-order chi connectivity index (χ0) is 12.4. The number of carboxylic acids is 1. The Hall–Kier alpha value is -2.07. The van der Waals surface area contributed by atoms with Gasteiger partial charge in [-0.15, -0.1) is 0 Å². The van der Waals surface area contributed by atoms with Gasteiger partial charge in [0.2, 0.25) is 0 Å². The van der Waals surface area contributed by atoms with Crippen LogP contribution in [-0.2, 0) is 4.79 Å². The van der Waals surface area contributed by atoms with E-state index in [0.717, 1.165) is 11.1 Å². The first kappa shape index (κ1) is 11.4. The molecule has 1 aromatic carbocycles. The summed E-state index contributed by atoms with van der Waals surface area (Å²) in [5.74, 6) is -0.223. The largest absolute Gasteiger partial charge is 0.480 e. The Labute approximate surface area is 98.7 Å². The van der Waals surface area contributed by atoms with Crippen molar-refractivity contribution in [3.63, 3.8) is 0 Å². The van der Waals surface area contributed by atoms with Crippen molar-refractivity contribution in [2.24, 2.45) is 5.73 Å². The maximum Gasteiger partial charge on any atom is 0.328 e. The smallest absolute Gasteiger partial charge is 0.328 e. The fourth-order valence-electron chi connectivity index (χ4n) is 1.51. The van der Waals surface area contributed by atoms with Gasteiger partial charge in [0.1, 0.15) is 11.5 Å². The van der Waals surface area contributed by atoms with E-state index in [2.05, 4.69) is 0 Å². The van der Waals surface area contributed by atoms with E-state index in [0.29, 0.717) is 5.76 Å². The number of benzene rings is 1. The summed E-state index contributed by atoms with van der Waals surface area (Å²) in [5.41, 5.74) is 7.52. The summed E-state index contributed by atoms with van der Waals surface area (Å²) >= 11 is 0. The molecule has 2 rings (SSSR count).